The second-order valence-corrected chi connectivity index (χ2v) is 6.43. The van der Waals surface area contributed by atoms with Gasteiger partial charge in [-0.2, -0.15) is 0 Å². The maximum atomic E-state index is 12.4. The topological polar surface area (TPSA) is 75.8 Å². The summed E-state index contributed by atoms with van der Waals surface area (Å²) in [5.74, 6) is 0.500. The number of hydrogen-bond acceptors (Lipinski definition) is 5. The first kappa shape index (κ1) is 18.0. The Labute approximate surface area is 142 Å². The molecule has 1 saturated heterocycles. The van der Waals surface area contributed by atoms with Gasteiger partial charge in [0.25, 0.3) is 0 Å². The van der Waals surface area contributed by atoms with Gasteiger partial charge in [-0.3, -0.25) is 4.79 Å². The molecule has 1 aliphatic heterocycles. The number of ether oxygens (including phenoxy) is 1. The first-order valence-corrected chi connectivity index (χ1v) is 8.45. The van der Waals surface area contributed by atoms with Crippen LogP contribution in [-0.2, 0) is 0 Å². The summed E-state index contributed by atoms with van der Waals surface area (Å²) in [7, 11) is 1.52. The van der Waals surface area contributed by atoms with E-state index in [-0.39, 0.29) is 11.9 Å². The highest BCUT2D eigenvalue weighted by atomic mass is 35.5. The van der Waals surface area contributed by atoms with Gasteiger partial charge in [0.15, 0.2) is 5.78 Å². The van der Waals surface area contributed by atoms with E-state index in [1.54, 1.807) is 12.1 Å². The van der Waals surface area contributed by atoms with Crippen LogP contribution in [0.3, 0.4) is 0 Å². The van der Waals surface area contributed by atoms with Gasteiger partial charge in [-0.25, -0.2) is 0 Å². The van der Waals surface area contributed by atoms with Crippen molar-refractivity contribution >= 4 is 23.1 Å². The molecule has 0 saturated carbocycles. The molecule has 0 aromatic heterocycles. The Balaban J connectivity index is 1.80. The average molecular weight is 341 g/mol. The maximum absolute atomic E-state index is 12.4. The fraction of sp³-hybridized carbons (Fsp3) is 0.588. The number of nitrogen functional groups attached to an aromatic ring is 1. The first-order valence-electron chi connectivity index (χ1n) is 8.08. The van der Waals surface area contributed by atoms with Crippen LogP contribution in [-0.4, -0.2) is 48.6 Å². The molecule has 1 aliphatic rings. The van der Waals surface area contributed by atoms with Crippen LogP contribution in [0, 0.1) is 0 Å². The number of carbonyl (C=O) groups excluding carboxylic acids is 1. The molecule has 0 amide bonds. The molecule has 0 aliphatic carbocycles. The summed E-state index contributed by atoms with van der Waals surface area (Å²) in [5.41, 5.74) is 6.64. The normalized spacial score (nSPS) is 16.5. The summed E-state index contributed by atoms with van der Waals surface area (Å²) in [6.07, 6.45) is 3.80. The minimum atomic E-state index is -0.143. The number of ketones is 1. The number of methoxy groups -OCH3 is 1. The summed E-state index contributed by atoms with van der Waals surface area (Å²) in [5, 5.41) is 9.86. The highest BCUT2D eigenvalue weighted by Crippen LogP contribution is 2.30. The molecule has 1 aromatic rings. The third kappa shape index (κ3) is 5.09. The highest BCUT2D eigenvalue weighted by molar-refractivity contribution is 6.33. The zero-order valence-corrected chi connectivity index (χ0v) is 14.3. The molecule has 0 spiro atoms. The summed E-state index contributed by atoms with van der Waals surface area (Å²) in [4.78, 5) is 14.7. The zero-order valence-electron chi connectivity index (χ0n) is 13.6. The summed E-state index contributed by atoms with van der Waals surface area (Å²) < 4.78 is 5.22. The number of likely N-dealkylation sites (tertiary alicyclic amines) is 1. The van der Waals surface area contributed by atoms with E-state index in [1.165, 1.54) is 7.11 Å². The molecule has 1 aromatic carbocycles. The monoisotopic (exact) mass is 340 g/mol. The van der Waals surface area contributed by atoms with Crippen LogP contribution in [0.5, 0.6) is 5.75 Å². The third-order valence-electron chi connectivity index (χ3n) is 4.30. The number of hydrogen-bond donors (Lipinski definition) is 2. The fourth-order valence-corrected chi connectivity index (χ4v) is 3.02. The van der Waals surface area contributed by atoms with E-state index < -0.39 is 0 Å². The van der Waals surface area contributed by atoms with Crippen molar-refractivity contribution in [2.24, 2.45) is 0 Å². The van der Waals surface area contributed by atoms with E-state index in [9.17, 15) is 9.90 Å². The third-order valence-corrected chi connectivity index (χ3v) is 4.63. The smallest absolute Gasteiger partial charge is 0.166 e. The Morgan fingerprint density at radius 3 is 2.74 bits per heavy atom. The van der Waals surface area contributed by atoms with Crippen molar-refractivity contribution in [2.45, 2.75) is 38.2 Å². The van der Waals surface area contributed by atoms with Gasteiger partial charge in [0, 0.05) is 25.6 Å². The Bertz CT molecular complexity index is 543. The van der Waals surface area contributed by atoms with E-state index in [2.05, 4.69) is 4.90 Å². The van der Waals surface area contributed by atoms with Gasteiger partial charge < -0.3 is 20.5 Å². The SMILES string of the molecule is COc1cc(N)c(Cl)cc1C(=O)CCCCN1CCC(O)CC1. The van der Waals surface area contributed by atoms with Gasteiger partial charge in [0.05, 0.1) is 29.5 Å². The van der Waals surface area contributed by atoms with Crippen LogP contribution < -0.4 is 10.5 Å². The number of rotatable bonds is 7. The van der Waals surface area contributed by atoms with Gasteiger partial charge >= 0.3 is 0 Å². The lowest BCUT2D eigenvalue weighted by molar-refractivity contribution is 0.0814. The number of nitrogens with two attached hydrogens (primary N) is 1. The van der Waals surface area contributed by atoms with E-state index >= 15 is 0 Å². The van der Waals surface area contributed by atoms with E-state index in [0.29, 0.717) is 28.4 Å². The molecule has 2 rings (SSSR count). The van der Waals surface area contributed by atoms with Gasteiger partial charge in [0.1, 0.15) is 5.75 Å². The predicted molar refractivity (Wildman–Crippen MR) is 92.3 cm³/mol. The average Bonchev–Trinajstić information content (AvgIpc) is 2.55. The number of nitrogens with zero attached hydrogens (tertiary/aromatic N) is 1. The Morgan fingerprint density at radius 1 is 1.39 bits per heavy atom. The summed E-state index contributed by atoms with van der Waals surface area (Å²) >= 11 is 6.00. The van der Waals surface area contributed by atoms with Crippen LogP contribution >= 0.6 is 11.6 Å². The van der Waals surface area contributed by atoms with Crippen molar-refractivity contribution in [3.63, 3.8) is 0 Å². The van der Waals surface area contributed by atoms with Crippen LogP contribution in [0.15, 0.2) is 12.1 Å². The molecule has 0 unspecified atom stereocenters. The van der Waals surface area contributed by atoms with Crippen LogP contribution in [0.2, 0.25) is 5.02 Å². The van der Waals surface area contributed by atoms with Crippen molar-refractivity contribution < 1.29 is 14.6 Å². The number of piperidine rings is 1. The van der Waals surface area contributed by atoms with Crippen molar-refractivity contribution in [3.8, 4) is 5.75 Å². The van der Waals surface area contributed by atoms with Crippen molar-refractivity contribution in [3.05, 3.63) is 22.7 Å². The number of aliphatic hydroxyl groups is 1. The molecule has 6 heteroatoms. The first-order chi connectivity index (χ1) is 11.0. The van der Waals surface area contributed by atoms with Gasteiger partial charge in [0.2, 0.25) is 0 Å². The molecule has 0 bridgehead atoms. The maximum Gasteiger partial charge on any atom is 0.166 e. The molecular weight excluding hydrogens is 316 g/mol. The molecule has 0 radical (unpaired) electrons. The van der Waals surface area contributed by atoms with Crippen molar-refractivity contribution in [2.75, 3.05) is 32.5 Å². The molecule has 3 N–H and O–H groups in total. The highest BCUT2D eigenvalue weighted by Gasteiger charge is 2.17. The van der Waals surface area contributed by atoms with Crippen molar-refractivity contribution in [1.82, 2.24) is 4.90 Å². The predicted octanol–water partition coefficient (Wildman–Crippen LogP) is 2.74. The number of aliphatic hydroxyl groups excluding tert-OH is 1. The molecular formula is C17H25ClN2O3. The number of anilines is 1. The Morgan fingerprint density at radius 2 is 2.09 bits per heavy atom. The van der Waals surface area contributed by atoms with Gasteiger partial charge in [-0.05, 0) is 38.3 Å². The molecule has 5 nitrogen and oxygen atoms in total. The molecule has 1 fully saturated rings. The van der Waals surface area contributed by atoms with Crippen LogP contribution in [0.25, 0.3) is 0 Å². The zero-order chi connectivity index (χ0) is 16.8. The Kier molecular flexibility index (Phi) is 6.69. The lowest BCUT2D eigenvalue weighted by Crippen LogP contribution is -2.36. The summed E-state index contributed by atoms with van der Waals surface area (Å²) in [6.45, 7) is 2.85. The second-order valence-electron chi connectivity index (χ2n) is 6.03. The van der Waals surface area contributed by atoms with Gasteiger partial charge in [-0.15, -0.1) is 0 Å². The van der Waals surface area contributed by atoms with Gasteiger partial charge in [-0.1, -0.05) is 11.6 Å². The number of unbranched alkanes of at least 4 members (excludes halogenated alkanes) is 1. The number of halogens is 1. The van der Waals surface area contributed by atoms with E-state index in [4.69, 9.17) is 22.1 Å². The van der Waals surface area contributed by atoms with Crippen LogP contribution in [0.4, 0.5) is 5.69 Å². The quantitative estimate of drug-likeness (QED) is 0.453. The van der Waals surface area contributed by atoms with Crippen LogP contribution in [0.1, 0.15) is 42.5 Å². The second kappa shape index (κ2) is 8.52. The fourth-order valence-electron chi connectivity index (χ4n) is 2.85. The number of Topliss-reactive ketones (excluding diaryl/α,β-unsaturated/α-hetero) is 1. The molecule has 23 heavy (non-hydrogen) atoms. The molecule has 128 valence electrons. The molecule has 0 atom stereocenters. The largest absolute Gasteiger partial charge is 0.496 e. The summed E-state index contributed by atoms with van der Waals surface area (Å²) in [6, 6.07) is 3.18. The molecule has 1 heterocycles. The lowest BCUT2D eigenvalue weighted by atomic mass is 10.0. The Hall–Kier alpha value is -1.30. The standard InChI is InChI=1S/C17H25ClN2O3/c1-23-17-11-15(19)14(18)10-13(17)16(22)4-2-3-7-20-8-5-12(21)6-9-20/h10-12,21H,2-9,19H2,1H3. The number of carbonyl (C=O) groups is 1. The minimum Gasteiger partial charge on any atom is -0.496 e. The lowest BCUT2D eigenvalue weighted by Gasteiger charge is -2.29. The van der Waals surface area contributed by atoms with E-state index in [0.717, 1.165) is 45.3 Å². The van der Waals surface area contributed by atoms with E-state index in [1.807, 2.05) is 0 Å². The van der Waals surface area contributed by atoms with Crippen molar-refractivity contribution in [1.29, 1.82) is 0 Å². The minimum absolute atomic E-state index is 0.0258. The number of benzene rings is 1.